The van der Waals surface area contributed by atoms with Crippen molar-refractivity contribution < 1.29 is 19.2 Å². The molecule has 5 fully saturated rings. The van der Waals surface area contributed by atoms with Gasteiger partial charge in [-0.25, -0.2) is 0 Å². The molecule has 47 heavy (non-hydrogen) atoms. The molecule has 0 aliphatic carbocycles. The van der Waals surface area contributed by atoms with E-state index in [4.69, 9.17) is 0 Å². The quantitative estimate of drug-likeness (QED) is 0.342. The van der Waals surface area contributed by atoms with Crippen LogP contribution in [0.2, 0.25) is 0 Å². The van der Waals surface area contributed by atoms with Gasteiger partial charge < -0.3 is 19.6 Å². The highest BCUT2D eigenvalue weighted by molar-refractivity contribution is 6.06. The van der Waals surface area contributed by atoms with Gasteiger partial charge in [-0.2, -0.15) is 0 Å². The Morgan fingerprint density at radius 3 is 1.38 bits per heavy atom. The van der Waals surface area contributed by atoms with Gasteiger partial charge in [0.25, 0.3) is 0 Å². The van der Waals surface area contributed by atoms with Crippen LogP contribution in [-0.4, -0.2) is 118 Å². The average Bonchev–Trinajstić information content (AvgIpc) is 3.61. The van der Waals surface area contributed by atoms with E-state index < -0.39 is 0 Å². The molecule has 270 valence electrons. The van der Waals surface area contributed by atoms with Gasteiger partial charge in [0.1, 0.15) is 0 Å². The second-order valence-corrected chi connectivity index (χ2v) is 17.0. The number of nitrogens with zero attached hydrogens (tertiary/aromatic N) is 5. The fourth-order valence-electron chi connectivity index (χ4n) is 8.15. The summed E-state index contributed by atoms with van der Waals surface area (Å²) in [5.74, 6) is 2.03. The number of amides is 4. The molecule has 0 aromatic rings. The maximum absolute atomic E-state index is 12.5. The van der Waals surface area contributed by atoms with Crippen molar-refractivity contribution in [3.8, 4) is 0 Å². The van der Waals surface area contributed by atoms with Gasteiger partial charge in [0.15, 0.2) is 0 Å². The maximum atomic E-state index is 12.5. The summed E-state index contributed by atoms with van der Waals surface area (Å²) in [4.78, 5) is 58.4. The zero-order valence-electron chi connectivity index (χ0n) is 32.1. The van der Waals surface area contributed by atoms with E-state index in [0.29, 0.717) is 59.7 Å². The predicted molar refractivity (Wildman–Crippen MR) is 190 cm³/mol. The van der Waals surface area contributed by atoms with Gasteiger partial charge in [0.05, 0.1) is 5.41 Å². The molecule has 0 N–H and O–H groups in total. The maximum Gasteiger partial charge on any atom is 0.236 e. The highest BCUT2D eigenvalue weighted by Crippen LogP contribution is 2.43. The van der Waals surface area contributed by atoms with E-state index in [1.807, 2.05) is 18.7 Å². The van der Waals surface area contributed by atoms with Crippen LogP contribution in [-0.2, 0) is 19.2 Å². The number of hydrogen-bond acceptors (Lipinski definition) is 6. The molecule has 2 spiro atoms. The topological polar surface area (TPSA) is 84.5 Å². The molecule has 5 heterocycles. The Hall–Kier alpha value is -2.00. The summed E-state index contributed by atoms with van der Waals surface area (Å²) in [5.41, 5.74) is -0.0838. The molecule has 5 aliphatic heterocycles. The second-order valence-electron chi connectivity index (χ2n) is 17.0. The number of hydrogen-bond donors (Lipinski definition) is 0. The second kappa shape index (κ2) is 16.1. The van der Waals surface area contributed by atoms with Gasteiger partial charge in [-0.15, -0.1) is 0 Å². The molecule has 0 aromatic carbocycles. The minimum absolute atomic E-state index is 0.00694. The van der Waals surface area contributed by atoms with Gasteiger partial charge in [-0.3, -0.25) is 24.1 Å². The van der Waals surface area contributed by atoms with Gasteiger partial charge in [-0.1, -0.05) is 13.8 Å². The van der Waals surface area contributed by atoms with Crippen molar-refractivity contribution in [2.45, 2.75) is 158 Å². The molecular weight excluding hydrogens is 590 g/mol. The first-order valence-corrected chi connectivity index (χ1v) is 18.8. The Morgan fingerprint density at radius 1 is 0.553 bits per heavy atom. The third-order valence-corrected chi connectivity index (χ3v) is 11.8. The van der Waals surface area contributed by atoms with E-state index in [-0.39, 0.29) is 23.3 Å². The predicted octanol–water partition coefficient (Wildman–Crippen LogP) is 5.66. The lowest BCUT2D eigenvalue weighted by atomic mass is 9.76. The SMILES string of the molecule is CC(C)C1CC(=O)N(C(C)C)C1.CC(C)N1CCC2(CC1)CC(=O)N(C(C)C)C2.CC(C)N1CCC2(CC1)CC(=O)N(C(C)C)C2=O. The van der Waals surface area contributed by atoms with Crippen LogP contribution in [0.1, 0.15) is 128 Å². The van der Waals surface area contributed by atoms with Crippen LogP contribution in [0.3, 0.4) is 0 Å². The first-order chi connectivity index (χ1) is 21.8. The largest absolute Gasteiger partial charge is 0.340 e. The number of rotatable bonds is 6. The summed E-state index contributed by atoms with van der Waals surface area (Å²) in [7, 11) is 0. The zero-order chi connectivity index (χ0) is 35.4. The molecule has 0 aromatic heterocycles. The Balaban J connectivity index is 0.000000196. The molecule has 0 bridgehead atoms. The van der Waals surface area contributed by atoms with Gasteiger partial charge >= 0.3 is 0 Å². The van der Waals surface area contributed by atoms with Crippen LogP contribution in [0, 0.1) is 22.7 Å². The lowest BCUT2D eigenvalue weighted by Gasteiger charge is -2.40. The Morgan fingerprint density at radius 2 is 1.04 bits per heavy atom. The van der Waals surface area contributed by atoms with Gasteiger partial charge in [0.2, 0.25) is 23.6 Å². The van der Waals surface area contributed by atoms with Crippen molar-refractivity contribution in [3.05, 3.63) is 0 Å². The monoisotopic (exact) mass is 660 g/mol. The van der Waals surface area contributed by atoms with Crippen molar-refractivity contribution >= 4 is 23.6 Å². The normalized spacial score (nSPS) is 25.1. The van der Waals surface area contributed by atoms with E-state index in [0.717, 1.165) is 65.0 Å². The Kier molecular flexibility index (Phi) is 13.5. The molecule has 1 unspecified atom stereocenters. The van der Waals surface area contributed by atoms with E-state index in [1.165, 1.54) is 17.7 Å². The molecule has 9 heteroatoms. The molecule has 1 atom stereocenters. The van der Waals surface area contributed by atoms with Crippen molar-refractivity contribution in [3.63, 3.8) is 0 Å². The Bertz CT molecular complexity index is 1080. The zero-order valence-corrected chi connectivity index (χ0v) is 32.1. The summed E-state index contributed by atoms with van der Waals surface area (Å²) in [6.07, 6.45) is 6.03. The molecule has 5 rings (SSSR count). The summed E-state index contributed by atoms with van der Waals surface area (Å²) < 4.78 is 0. The van der Waals surface area contributed by atoms with Crippen LogP contribution in [0.15, 0.2) is 0 Å². The fraction of sp³-hybridized carbons (Fsp3) is 0.895. The molecule has 0 radical (unpaired) electrons. The fourth-order valence-corrected chi connectivity index (χ4v) is 8.15. The minimum Gasteiger partial charge on any atom is -0.340 e. The van der Waals surface area contributed by atoms with Crippen LogP contribution >= 0.6 is 0 Å². The van der Waals surface area contributed by atoms with Crippen molar-refractivity contribution in [1.82, 2.24) is 24.5 Å². The van der Waals surface area contributed by atoms with E-state index in [1.54, 1.807) is 0 Å². The number of imide groups is 1. The summed E-state index contributed by atoms with van der Waals surface area (Å²) in [5, 5.41) is 0. The van der Waals surface area contributed by atoms with E-state index >= 15 is 0 Å². The third-order valence-electron chi connectivity index (χ3n) is 11.8. The van der Waals surface area contributed by atoms with Crippen molar-refractivity contribution in [2.24, 2.45) is 22.7 Å². The first-order valence-electron chi connectivity index (χ1n) is 18.8. The van der Waals surface area contributed by atoms with Crippen molar-refractivity contribution in [2.75, 3.05) is 39.3 Å². The highest BCUT2D eigenvalue weighted by atomic mass is 16.2. The summed E-state index contributed by atoms with van der Waals surface area (Å²) in [6, 6.07) is 1.90. The van der Waals surface area contributed by atoms with Gasteiger partial charge in [0, 0.05) is 62.6 Å². The Labute approximate surface area is 287 Å². The van der Waals surface area contributed by atoms with Gasteiger partial charge in [-0.05, 0) is 138 Å². The minimum atomic E-state index is -0.382. The molecular formula is C38H69N5O4. The third kappa shape index (κ3) is 9.37. The molecule has 4 amide bonds. The molecule has 0 saturated carbocycles. The number of likely N-dealkylation sites (tertiary alicyclic amines) is 5. The lowest BCUT2D eigenvalue weighted by molar-refractivity contribution is -0.144. The number of carbonyl (C=O) groups is 4. The number of carbonyl (C=O) groups excluding carboxylic acids is 4. The van der Waals surface area contributed by atoms with Crippen LogP contribution in [0.25, 0.3) is 0 Å². The lowest BCUT2D eigenvalue weighted by Crippen LogP contribution is -2.47. The van der Waals surface area contributed by atoms with E-state index in [2.05, 4.69) is 83.9 Å². The summed E-state index contributed by atoms with van der Waals surface area (Å²) in [6.45, 7) is 31.7. The van der Waals surface area contributed by atoms with Crippen LogP contribution < -0.4 is 0 Å². The highest BCUT2D eigenvalue weighted by Gasteiger charge is 2.53. The molecule has 5 saturated heterocycles. The molecule has 5 aliphatic rings. The number of piperidine rings is 2. The van der Waals surface area contributed by atoms with Crippen LogP contribution in [0.5, 0.6) is 0 Å². The van der Waals surface area contributed by atoms with Crippen LogP contribution in [0.4, 0.5) is 0 Å². The summed E-state index contributed by atoms with van der Waals surface area (Å²) >= 11 is 0. The standard InChI is InChI=1S/C14H24N2O2.C14H26N2O.C10H19NO/c1-10(2)15-7-5-14(6-8-15)9-12(17)16(11(3)4)13(14)18;1-11(2)15-7-5-14(6-8-15)9-13(17)16(10-14)12(3)4;1-7(2)9-5-10(12)11(6-9)8(3)4/h10-11H,5-9H2,1-4H3;11-12H,5-10H2,1-4H3;7-9H,5-6H2,1-4H3. The first kappa shape index (κ1) is 39.4. The molecule has 9 nitrogen and oxygen atoms in total. The van der Waals surface area contributed by atoms with E-state index in [9.17, 15) is 19.2 Å². The van der Waals surface area contributed by atoms with Crippen molar-refractivity contribution in [1.29, 1.82) is 0 Å². The smallest absolute Gasteiger partial charge is 0.236 e. The average molecular weight is 660 g/mol.